The standard InChI is InChI=1S/C8H14NO/c1-2-4-8(6-9-7-8)10-5-3-1/h6,9H,1-5,7H2. The molecule has 2 heteroatoms. The fraction of sp³-hybridized carbons (Fsp3) is 0.875. The first kappa shape index (κ1) is 6.62. The molecule has 2 aliphatic heterocycles. The maximum Gasteiger partial charge on any atom is 0.0974 e. The van der Waals surface area contributed by atoms with E-state index >= 15 is 0 Å². The summed E-state index contributed by atoms with van der Waals surface area (Å²) < 4.78 is 5.71. The molecular formula is C8H14NO. The van der Waals surface area contributed by atoms with Crippen molar-refractivity contribution in [2.24, 2.45) is 0 Å². The highest BCUT2D eigenvalue weighted by Crippen LogP contribution is 2.30. The molecule has 2 aliphatic rings. The molecule has 0 aliphatic carbocycles. The van der Waals surface area contributed by atoms with Gasteiger partial charge in [-0.3, -0.25) is 0 Å². The molecule has 0 bridgehead atoms. The van der Waals surface area contributed by atoms with Crippen LogP contribution < -0.4 is 5.32 Å². The van der Waals surface area contributed by atoms with Crippen LogP contribution in [-0.2, 0) is 4.74 Å². The molecule has 0 aromatic heterocycles. The van der Waals surface area contributed by atoms with Crippen LogP contribution in [0.1, 0.15) is 25.7 Å². The van der Waals surface area contributed by atoms with Crippen molar-refractivity contribution in [3.8, 4) is 0 Å². The summed E-state index contributed by atoms with van der Waals surface area (Å²) >= 11 is 0. The normalized spacial score (nSPS) is 31.2. The van der Waals surface area contributed by atoms with Crippen molar-refractivity contribution in [3.05, 3.63) is 6.54 Å². The van der Waals surface area contributed by atoms with Gasteiger partial charge in [0.1, 0.15) is 0 Å². The summed E-state index contributed by atoms with van der Waals surface area (Å²) in [5.41, 5.74) is 0.149. The van der Waals surface area contributed by atoms with Crippen LogP contribution in [0.15, 0.2) is 0 Å². The van der Waals surface area contributed by atoms with Crippen LogP contribution in [0.4, 0.5) is 0 Å². The van der Waals surface area contributed by atoms with E-state index in [1.54, 1.807) is 0 Å². The van der Waals surface area contributed by atoms with Crippen molar-refractivity contribution in [2.75, 3.05) is 13.2 Å². The topological polar surface area (TPSA) is 21.3 Å². The molecule has 10 heavy (non-hydrogen) atoms. The predicted octanol–water partition coefficient (Wildman–Crippen LogP) is 1.08. The fourth-order valence-corrected chi connectivity index (χ4v) is 1.63. The zero-order valence-electron chi connectivity index (χ0n) is 6.23. The third kappa shape index (κ3) is 1.06. The van der Waals surface area contributed by atoms with Gasteiger partial charge in [0.25, 0.3) is 0 Å². The Morgan fingerprint density at radius 2 is 2.20 bits per heavy atom. The minimum Gasteiger partial charge on any atom is -0.372 e. The lowest BCUT2D eigenvalue weighted by Gasteiger charge is -2.40. The molecule has 1 radical (unpaired) electrons. The number of hydrogen-bond acceptors (Lipinski definition) is 2. The van der Waals surface area contributed by atoms with Gasteiger partial charge in [-0.1, -0.05) is 12.8 Å². The van der Waals surface area contributed by atoms with E-state index in [9.17, 15) is 0 Å². The van der Waals surface area contributed by atoms with Crippen molar-refractivity contribution in [3.63, 3.8) is 0 Å². The van der Waals surface area contributed by atoms with Gasteiger partial charge in [0.05, 0.1) is 12.1 Å². The van der Waals surface area contributed by atoms with E-state index in [4.69, 9.17) is 4.74 Å². The van der Waals surface area contributed by atoms with Crippen LogP contribution in [-0.4, -0.2) is 18.8 Å². The van der Waals surface area contributed by atoms with Gasteiger partial charge in [-0.25, -0.2) is 0 Å². The molecule has 57 valence electrons. The smallest absolute Gasteiger partial charge is 0.0974 e. The first-order chi connectivity index (χ1) is 4.91. The fourth-order valence-electron chi connectivity index (χ4n) is 1.63. The second kappa shape index (κ2) is 2.51. The van der Waals surface area contributed by atoms with Crippen LogP contribution in [0.25, 0.3) is 0 Å². The molecular weight excluding hydrogens is 126 g/mol. The Labute approximate surface area is 61.9 Å². The average molecular weight is 140 g/mol. The monoisotopic (exact) mass is 140 g/mol. The first-order valence-corrected chi connectivity index (χ1v) is 4.13. The summed E-state index contributed by atoms with van der Waals surface area (Å²) in [4.78, 5) is 0. The molecule has 1 atom stereocenters. The van der Waals surface area contributed by atoms with Crippen molar-refractivity contribution in [1.82, 2.24) is 5.32 Å². The minimum atomic E-state index is 0.149. The maximum atomic E-state index is 5.71. The average Bonchev–Trinajstić information content (AvgIpc) is 2.08. The predicted molar refractivity (Wildman–Crippen MR) is 39.5 cm³/mol. The first-order valence-electron chi connectivity index (χ1n) is 4.13. The molecule has 0 aromatic carbocycles. The molecule has 2 fully saturated rings. The maximum absolute atomic E-state index is 5.71. The molecule has 2 saturated heterocycles. The summed E-state index contributed by atoms with van der Waals surface area (Å²) in [5, 5.41) is 3.15. The highest BCUT2D eigenvalue weighted by molar-refractivity contribution is 5.05. The molecule has 1 N–H and O–H groups in total. The number of rotatable bonds is 0. The zero-order valence-corrected chi connectivity index (χ0v) is 6.23. The van der Waals surface area contributed by atoms with E-state index in [1.165, 1.54) is 25.7 Å². The molecule has 2 rings (SSSR count). The molecule has 2 heterocycles. The second-order valence-electron chi connectivity index (χ2n) is 3.25. The van der Waals surface area contributed by atoms with Gasteiger partial charge in [0, 0.05) is 13.2 Å². The lowest BCUT2D eigenvalue weighted by atomic mass is 9.91. The Morgan fingerprint density at radius 1 is 1.30 bits per heavy atom. The van der Waals surface area contributed by atoms with Gasteiger partial charge in [0.2, 0.25) is 0 Å². The van der Waals surface area contributed by atoms with Gasteiger partial charge in [0.15, 0.2) is 0 Å². The highest BCUT2D eigenvalue weighted by Gasteiger charge is 2.38. The van der Waals surface area contributed by atoms with E-state index in [0.717, 1.165) is 13.2 Å². The van der Waals surface area contributed by atoms with Gasteiger partial charge in [-0.2, -0.15) is 0 Å². The van der Waals surface area contributed by atoms with Gasteiger partial charge in [-0.05, 0) is 12.8 Å². The van der Waals surface area contributed by atoms with Gasteiger partial charge in [-0.15, -0.1) is 0 Å². The van der Waals surface area contributed by atoms with Crippen molar-refractivity contribution >= 4 is 0 Å². The highest BCUT2D eigenvalue weighted by atomic mass is 16.5. The lowest BCUT2D eigenvalue weighted by Crippen LogP contribution is -2.56. The summed E-state index contributed by atoms with van der Waals surface area (Å²) in [6.07, 6.45) is 5.14. The van der Waals surface area contributed by atoms with Gasteiger partial charge >= 0.3 is 0 Å². The summed E-state index contributed by atoms with van der Waals surface area (Å²) in [7, 11) is 0. The number of nitrogens with one attached hydrogen (secondary N) is 1. The molecule has 0 aromatic rings. The van der Waals surface area contributed by atoms with E-state index < -0.39 is 0 Å². The minimum absolute atomic E-state index is 0.149. The molecule has 0 amide bonds. The van der Waals surface area contributed by atoms with Gasteiger partial charge < -0.3 is 10.1 Å². The quantitative estimate of drug-likeness (QED) is 0.543. The van der Waals surface area contributed by atoms with Crippen LogP contribution in [0.3, 0.4) is 0 Å². The van der Waals surface area contributed by atoms with E-state index in [1.807, 2.05) is 0 Å². The Kier molecular flexibility index (Phi) is 1.66. The van der Waals surface area contributed by atoms with Crippen molar-refractivity contribution in [1.29, 1.82) is 0 Å². The van der Waals surface area contributed by atoms with E-state index in [0.29, 0.717) is 0 Å². The Morgan fingerprint density at radius 3 is 2.90 bits per heavy atom. The summed E-state index contributed by atoms with van der Waals surface area (Å²) in [5.74, 6) is 0. The second-order valence-corrected chi connectivity index (χ2v) is 3.25. The summed E-state index contributed by atoms with van der Waals surface area (Å²) in [6.45, 7) is 4.10. The molecule has 0 saturated carbocycles. The number of ether oxygens (including phenoxy) is 1. The van der Waals surface area contributed by atoms with E-state index in [-0.39, 0.29) is 5.60 Å². The largest absolute Gasteiger partial charge is 0.372 e. The van der Waals surface area contributed by atoms with Crippen LogP contribution in [0.2, 0.25) is 0 Å². The molecule has 1 unspecified atom stereocenters. The Hall–Kier alpha value is -0.0800. The Balaban J connectivity index is 1.92. The van der Waals surface area contributed by atoms with Crippen LogP contribution in [0, 0.1) is 6.54 Å². The zero-order chi connectivity index (χ0) is 6.86. The van der Waals surface area contributed by atoms with Crippen LogP contribution >= 0.6 is 0 Å². The number of hydrogen-bond donors (Lipinski definition) is 1. The molecule has 1 spiro atoms. The van der Waals surface area contributed by atoms with Crippen molar-refractivity contribution in [2.45, 2.75) is 31.3 Å². The van der Waals surface area contributed by atoms with Crippen molar-refractivity contribution < 1.29 is 4.74 Å². The van der Waals surface area contributed by atoms with E-state index in [2.05, 4.69) is 11.9 Å². The van der Waals surface area contributed by atoms with Crippen LogP contribution in [0.5, 0.6) is 0 Å². The Bertz CT molecular complexity index is 110. The SMILES string of the molecule is [CH]1NCC12CCCCCO2. The third-order valence-electron chi connectivity index (χ3n) is 2.40. The lowest BCUT2D eigenvalue weighted by molar-refractivity contribution is -0.0514. The molecule has 2 nitrogen and oxygen atoms in total. The third-order valence-corrected chi connectivity index (χ3v) is 2.40. The summed E-state index contributed by atoms with van der Waals surface area (Å²) in [6, 6.07) is 0.